The van der Waals surface area contributed by atoms with Crippen LogP contribution in [0.1, 0.15) is 12.8 Å². The Bertz CT molecular complexity index is 501. The van der Waals surface area contributed by atoms with Gasteiger partial charge in [-0.05, 0) is 24.3 Å². The van der Waals surface area contributed by atoms with E-state index < -0.39 is 0 Å². The van der Waals surface area contributed by atoms with E-state index in [1.807, 2.05) is 6.92 Å². The summed E-state index contributed by atoms with van der Waals surface area (Å²) in [6.07, 6.45) is 0. The SMILES string of the molecule is CC(CO)SCc1nc(-c2ccc(F)cc2)no1. The van der Waals surface area contributed by atoms with Crippen LogP contribution in [-0.4, -0.2) is 27.1 Å². The smallest absolute Gasteiger partial charge is 0.236 e. The van der Waals surface area contributed by atoms with Gasteiger partial charge in [-0.15, -0.1) is 11.8 Å². The first-order chi connectivity index (χ1) is 8.69. The number of rotatable bonds is 5. The summed E-state index contributed by atoms with van der Waals surface area (Å²) in [5.74, 6) is 1.20. The summed E-state index contributed by atoms with van der Waals surface area (Å²) >= 11 is 1.53. The van der Waals surface area contributed by atoms with E-state index in [9.17, 15) is 4.39 Å². The molecule has 0 aliphatic carbocycles. The highest BCUT2D eigenvalue weighted by atomic mass is 32.2. The van der Waals surface area contributed by atoms with Crippen LogP contribution in [0.2, 0.25) is 0 Å². The van der Waals surface area contributed by atoms with Crippen molar-refractivity contribution in [1.29, 1.82) is 0 Å². The van der Waals surface area contributed by atoms with Gasteiger partial charge in [0.05, 0.1) is 12.4 Å². The Morgan fingerprint density at radius 2 is 2.11 bits per heavy atom. The number of hydrogen-bond acceptors (Lipinski definition) is 5. The van der Waals surface area contributed by atoms with Crippen molar-refractivity contribution in [1.82, 2.24) is 10.1 Å². The third kappa shape index (κ3) is 3.30. The lowest BCUT2D eigenvalue weighted by Crippen LogP contribution is -2.02. The highest BCUT2D eigenvalue weighted by Crippen LogP contribution is 2.20. The topological polar surface area (TPSA) is 59.2 Å². The molecule has 0 saturated heterocycles. The van der Waals surface area contributed by atoms with E-state index in [0.29, 0.717) is 23.0 Å². The van der Waals surface area contributed by atoms with Crippen molar-refractivity contribution in [3.63, 3.8) is 0 Å². The van der Waals surface area contributed by atoms with Gasteiger partial charge in [-0.2, -0.15) is 4.98 Å². The van der Waals surface area contributed by atoms with Gasteiger partial charge in [0.25, 0.3) is 0 Å². The number of aliphatic hydroxyl groups excluding tert-OH is 1. The monoisotopic (exact) mass is 268 g/mol. The van der Waals surface area contributed by atoms with Crippen molar-refractivity contribution < 1.29 is 14.0 Å². The molecule has 1 aromatic carbocycles. The standard InChI is InChI=1S/C12H13FN2O2S/c1-8(6-16)18-7-11-14-12(15-17-11)9-2-4-10(13)5-3-9/h2-5,8,16H,6-7H2,1H3. The predicted octanol–water partition coefficient (Wildman–Crippen LogP) is 2.49. The average molecular weight is 268 g/mol. The lowest BCUT2D eigenvalue weighted by molar-refractivity contribution is 0.300. The summed E-state index contributed by atoms with van der Waals surface area (Å²) in [4.78, 5) is 4.21. The van der Waals surface area contributed by atoms with Crippen LogP contribution in [0.4, 0.5) is 4.39 Å². The molecule has 0 aliphatic heterocycles. The van der Waals surface area contributed by atoms with Crippen LogP contribution in [0.25, 0.3) is 11.4 Å². The van der Waals surface area contributed by atoms with Crippen LogP contribution in [0.15, 0.2) is 28.8 Å². The first-order valence-corrected chi connectivity index (χ1v) is 6.55. The zero-order chi connectivity index (χ0) is 13.0. The second kappa shape index (κ2) is 5.97. The Kier molecular flexibility index (Phi) is 4.33. The molecule has 96 valence electrons. The summed E-state index contributed by atoms with van der Waals surface area (Å²) in [5.41, 5.74) is 0.714. The molecule has 18 heavy (non-hydrogen) atoms. The van der Waals surface area contributed by atoms with Gasteiger partial charge in [0.2, 0.25) is 11.7 Å². The molecule has 2 aromatic rings. The molecule has 0 radical (unpaired) electrons. The average Bonchev–Trinajstić information content (AvgIpc) is 2.85. The van der Waals surface area contributed by atoms with Crippen LogP contribution >= 0.6 is 11.8 Å². The van der Waals surface area contributed by atoms with Crippen LogP contribution in [0.5, 0.6) is 0 Å². The Labute approximate surface area is 108 Å². The van der Waals surface area contributed by atoms with E-state index in [0.717, 1.165) is 0 Å². The highest BCUT2D eigenvalue weighted by Gasteiger charge is 2.10. The molecule has 0 spiro atoms. The zero-order valence-corrected chi connectivity index (χ0v) is 10.7. The van der Waals surface area contributed by atoms with Crippen molar-refractivity contribution in [2.45, 2.75) is 17.9 Å². The van der Waals surface area contributed by atoms with E-state index in [4.69, 9.17) is 9.63 Å². The second-order valence-corrected chi connectivity index (χ2v) is 5.25. The van der Waals surface area contributed by atoms with E-state index in [-0.39, 0.29) is 17.7 Å². The predicted molar refractivity (Wildman–Crippen MR) is 67.5 cm³/mol. The largest absolute Gasteiger partial charge is 0.395 e. The van der Waals surface area contributed by atoms with Crippen molar-refractivity contribution in [3.05, 3.63) is 36.0 Å². The number of nitrogens with zero attached hydrogens (tertiary/aromatic N) is 2. The van der Waals surface area contributed by atoms with Gasteiger partial charge in [0, 0.05) is 10.8 Å². The molecular weight excluding hydrogens is 255 g/mol. The third-order valence-corrected chi connectivity index (χ3v) is 3.45. The Morgan fingerprint density at radius 1 is 1.39 bits per heavy atom. The maximum atomic E-state index is 12.8. The van der Waals surface area contributed by atoms with Crippen LogP contribution in [0, 0.1) is 5.82 Å². The first-order valence-electron chi connectivity index (χ1n) is 5.50. The van der Waals surface area contributed by atoms with E-state index in [1.54, 1.807) is 12.1 Å². The molecule has 1 N–H and O–H groups in total. The van der Waals surface area contributed by atoms with Gasteiger partial charge in [0.1, 0.15) is 5.82 Å². The molecule has 4 nitrogen and oxygen atoms in total. The summed E-state index contributed by atoms with van der Waals surface area (Å²) < 4.78 is 17.9. The maximum absolute atomic E-state index is 12.8. The van der Waals surface area contributed by atoms with Gasteiger partial charge in [-0.1, -0.05) is 12.1 Å². The van der Waals surface area contributed by atoms with Crippen molar-refractivity contribution in [2.75, 3.05) is 6.61 Å². The van der Waals surface area contributed by atoms with Gasteiger partial charge in [0.15, 0.2) is 0 Å². The molecule has 1 unspecified atom stereocenters. The molecule has 1 heterocycles. The second-order valence-electron chi connectivity index (χ2n) is 3.82. The summed E-state index contributed by atoms with van der Waals surface area (Å²) in [6, 6.07) is 5.92. The molecular formula is C12H13FN2O2S. The number of halogens is 1. The highest BCUT2D eigenvalue weighted by molar-refractivity contribution is 7.99. The molecule has 0 amide bonds. The Hall–Kier alpha value is -1.40. The Morgan fingerprint density at radius 3 is 2.78 bits per heavy atom. The van der Waals surface area contributed by atoms with Crippen molar-refractivity contribution >= 4 is 11.8 Å². The molecule has 6 heteroatoms. The number of hydrogen-bond donors (Lipinski definition) is 1. The normalized spacial score (nSPS) is 12.6. The fraction of sp³-hybridized carbons (Fsp3) is 0.333. The van der Waals surface area contributed by atoms with Crippen LogP contribution in [-0.2, 0) is 5.75 Å². The molecule has 0 fully saturated rings. The lowest BCUT2D eigenvalue weighted by Gasteiger charge is -2.03. The minimum absolute atomic E-state index is 0.115. The summed E-state index contributed by atoms with van der Waals surface area (Å²) in [6.45, 7) is 2.03. The zero-order valence-electron chi connectivity index (χ0n) is 9.84. The van der Waals surface area contributed by atoms with Crippen molar-refractivity contribution in [3.8, 4) is 11.4 Å². The molecule has 1 aromatic heterocycles. The third-order valence-electron chi connectivity index (χ3n) is 2.32. The van der Waals surface area contributed by atoms with E-state index >= 15 is 0 Å². The van der Waals surface area contributed by atoms with Crippen LogP contribution in [0.3, 0.4) is 0 Å². The summed E-state index contributed by atoms with van der Waals surface area (Å²) in [5, 5.41) is 12.9. The van der Waals surface area contributed by atoms with Gasteiger partial charge in [-0.25, -0.2) is 4.39 Å². The Balaban J connectivity index is 2.03. The molecule has 0 aliphatic rings. The molecule has 2 rings (SSSR count). The van der Waals surface area contributed by atoms with Gasteiger partial charge in [-0.3, -0.25) is 0 Å². The maximum Gasteiger partial charge on any atom is 0.236 e. The first kappa shape index (κ1) is 13.0. The number of aromatic nitrogens is 2. The van der Waals surface area contributed by atoms with E-state index in [1.165, 1.54) is 23.9 Å². The number of thioether (sulfide) groups is 1. The number of benzene rings is 1. The lowest BCUT2D eigenvalue weighted by atomic mass is 10.2. The quantitative estimate of drug-likeness (QED) is 0.902. The minimum Gasteiger partial charge on any atom is -0.395 e. The van der Waals surface area contributed by atoms with Gasteiger partial charge >= 0.3 is 0 Å². The fourth-order valence-corrected chi connectivity index (χ4v) is 1.95. The molecule has 0 bridgehead atoms. The molecule has 1 atom stereocenters. The number of aliphatic hydroxyl groups is 1. The summed E-state index contributed by atoms with van der Waals surface area (Å²) in [7, 11) is 0. The van der Waals surface area contributed by atoms with Gasteiger partial charge < -0.3 is 9.63 Å². The molecule has 0 saturated carbocycles. The minimum atomic E-state index is -0.296. The van der Waals surface area contributed by atoms with E-state index in [2.05, 4.69) is 10.1 Å². The van der Waals surface area contributed by atoms with Crippen molar-refractivity contribution in [2.24, 2.45) is 0 Å². The van der Waals surface area contributed by atoms with Crippen LogP contribution < -0.4 is 0 Å². The fourth-order valence-electron chi connectivity index (χ4n) is 1.30.